The van der Waals surface area contributed by atoms with E-state index in [-0.39, 0.29) is 5.91 Å². The molecule has 0 radical (unpaired) electrons. The summed E-state index contributed by atoms with van der Waals surface area (Å²) in [4.78, 5) is 18.0. The second kappa shape index (κ2) is 11.6. The second-order valence-electron chi connectivity index (χ2n) is 8.74. The molecule has 0 bridgehead atoms. The van der Waals surface area contributed by atoms with E-state index >= 15 is 0 Å². The molecule has 186 valence electrons. The summed E-state index contributed by atoms with van der Waals surface area (Å²) in [5.74, 6) is 1.22. The molecule has 0 atom stereocenters. The van der Waals surface area contributed by atoms with Gasteiger partial charge in [-0.05, 0) is 50.0 Å². The molecule has 36 heavy (non-hydrogen) atoms. The Balaban J connectivity index is 1.79. The largest absolute Gasteiger partial charge is 0.497 e. The van der Waals surface area contributed by atoms with Crippen LogP contribution in [-0.2, 0) is 6.54 Å². The fourth-order valence-electron chi connectivity index (χ4n) is 3.98. The zero-order valence-electron chi connectivity index (χ0n) is 21.2. The highest BCUT2D eigenvalue weighted by Gasteiger charge is 2.24. The van der Waals surface area contributed by atoms with E-state index in [1.54, 1.807) is 18.9 Å². The molecule has 0 aliphatic heterocycles. The molecule has 7 heteroatoms. The molecule has 0 aliphatic carbocycles. The van der Waals surface area contributed by atoms with Crippen molar-refractivity contribution >= 4 is 5.91 Å². The van der Waals surface area contributed by atoms with Gasteiger partial charge in [0.2, 0.25) is 0 Å². The van der Waals surface area contributed by atoms with Gasteiger partial charge in [0.25, 0.3) is 5.91 Å². The number of para-hydroxylation sites is 1. The number of hydrogen-bond donors (Lipinski definition) is 0. The molecule has 0 saturated heterocycles. The average molecular weight is 485 g/mol. The maximum Gasteiger partial charge on any atom is 0.272 e. The zero-order chi connectivity index (χ0) is 25.5. The number of amides is 1. The molecule has 4 aromatic rings. The van der Waals surface area contributed by atoms with Gasteiger partial charge in [-0.2, -0.15) is 5.10 Å². The zero-order valence-corrected chi connectivity index (χ0v) is 21.2. The Morgan fingerprint density at radius 3 is 2.19 bits per heavy atom. The molecule has 1 aromatic heterocycles. The third-order valence-electron chi connectivity index (χ3n) is 5.93. The molecule has 0 saturated carbocycles. The van der Waals surface area contributed by atoms with Crippen LogP contribution in [0, 0.1) is 0 Å². The van der Waals surface area contributed by atoms with Crippen LogP contribution in [0.25, 0.3) is 16.9 Å². The lowest BCUT2D eigenvalue weighted by atomic mass is 10.1. The average Bonchev–Trinajstić information content (AvgIpc) is 3.36. The number of carbonyl (C=O) groups excluding carboxylic acids is 1. The normalized spacial score (nSPS) is 10.9. The number of ether oxygens (including phenoxy) is 2. The van der Waals surface area contributed by atoms with Crippen molar-refractivity contribution in [1.82, 2.24) is 19.6 Å². The molecular formula is C29H32N4O3. The third kappa shape index (κ3) is 5.75. The van der Waals surface area contributed by atoms with E-state index in [1.165, 1.54) is 0 Å². The van der Waals surface area contributed by atoms with Crippen molar-refractivity contribution in [2.45, 2.75) is 6.54 Å². The molecular weight excluding hydrogens is 452 g/mol. The molecule has 1 amide bonds. The van der Waals surface area contributed by atoms with Crippen LogP contribution in [0.2, 0.25) is 0 Å². The first-order valence-electron chi connectivity index (χ1n) is 11.9. The SMILES string of the molecule is COc1ccc(-c2cc(C(=O)N(CCN(C)C)Cc3ccccc3)n(-c3ccccc3)n2)c(OC)c1. The maximum absolute atomic E-state index is 14.1. The van der Waals surface area contributed by atoms with Crippen LogP contribution in [0.15, 0.2) is 84.9 Å². The van der Waals surface area contributed by atoms with Gasteiger partial charge < -0.3 is 19.3 Å². The van der Waals surface area contributed by atoms with E-state index in [0.717, 1.165) is 23.4 Å². The summed E-state index contributed by atoms with van der Waals surface area (Å²) < 4.78 is 12.7. The molecule has 0 aliphatic rings. The predicted molar refractivity (Wildman–Crippen MR) is 142 cm³/mol. The summed E-state index contributed by atoms with van der Waals surface area (Å²) in [7, 11) is 7.24. The number of carbonyl (C=O) groups is 1. The van der Waals surface area contributed by atoms with Gasteiger partial charge in [-0.1, -0.05) is 48.5 Å². The quantitative estimate of drug-likeness (QED) is 0.325. The summed E-state index contributed by atoms with van der Waals surface area (Å²) in [5.41, 5.74) is 3.81. The summed E-state index contributed by atoms with van der Waals surface area (Å²) in [6.45, 7) is 1.84. The molecule has 7 nitrogen and oxygen atoms in total. The summed E-state index contributed by atoms with van der Waals surface area (Å²) in [6, 6.07) is 27.2. The number of methoxy groups -OCH3 is 2. The molecule has 4 rings (SSSR count). The Morgan fingerprint density at radius 1 is 0.861 bits per heavy atom. The smallest absolute Gasteiger partial charge is 0.272 e. The maximum atomic E-state index is 14.1. The molecule has 3 aromatic carbocycles. The van der Waals surface area contributed by atoms with Crippen molar-refractivity contribution in [2.24, 2.45) is 0 Å². The number of aromatic nitrogens is 2. The Morgan fingerprint density at radius 2 is 1.56 bits per heavy atom. The van der Waals surface area contributed by atoms with E-state index in [2.05, 4.69) is 4.90 Å². The summed E-state index contributed by atoms with van der Waals surface area (Å²) in [5, 5.41) is 4.86. The number of hydrogen-bond acceptors (Lipinski definition) is 5. The first kappa shape index (κ1) is 25.0. The fourth-order valence-corrected chi connectivity index (χ4v) is 3.98. The van der Waals surface area contributed by atoms with Gasteiger partial charge in [0.15, 0.2) is 0 Å². The lowest BCUT2D eigenvalue weighted by Crippen LogP contribution is -2.37. The van der Waals surface area contributed by atoms with Gasteiger partial charge in [-0.25, -0.2) is 4.68 Å². The van der Waals surface area contributed by atoms with E-state index < -0.39 is 0 Å². The minimum absolute atomic E-state index is 0.0872. The first-order valence-corrected chi connectivity index (χ1v) is 11.9. The van der Waals surface area contributed by atoms with Crippen molar-refractivity contribution in [2.75, 3.05) is 41.4 Å². The van der Waals surface area contributed by atoms with Crippen LogP contribution in [0.1, 0.15) is 16.1 Å². The lowest BCUT2D eigenvalue weighted by molar-refractivity contribution is 0.0722. The molecule has 0 N–H and O–H groups in total. The third-order valence-corrected chi connectivity index (χ3v) is 5.93. The van der Waals surface area contributed by atoms with Gasteiger partial charge in [0.1, 0.15) is 17.2 Å². The van der Waals surface area contributed by atoms with Gasteiger partial charge in [-0.15, -0.1) is 0 Å². The van der Waals surface area contributed by atoms with E-state index in [1.807, 2.05) is 104 Å². The standard InChI is InChI=1S/C29H32N4O3/c1-31(2)17-18-32(21-22-11-7-5-8-12-22)29(34)27-20-26(30-33(27)23-13-9-6-10-14-23)25-16-15-24(35-3)19-28(25)36-4/h5-16,19-20H,17-18,21H2,1-4H3. The van der Waals surface area contributed by atoms with Crippen LogP contribution >= 0.6 is 0 Å². The lowest BCUT2D eigenvalue weighted by Gasteiger charge is -2.25. The van der Waals surface area contributed by atoms with Crippen LogP contribution in [-0.4, -0.2) is 66.9 Å². The Kier molecular flexibility index (Phi) is 8.02. The minimum atomic E-state index is -0.0872. The summed E-state index contributed by atoms with van der Waals surface area (Å²) >= 11 is 0. The Bertz CT molecular complexity index is 1290. The highest BCUT2D eigenvalue weighted by molar-refractivity contribution is 5.94. The van der Waals surface area contributed by atoms with E-state index in [0.29, 0.717) is 36.0 Å². The molecule has 1 heterocycles. The van der Waals surface area contributed by atoms with Gasteiger partial charge >= 0.3 is 0 Å². The van der Waals surface area contributed by atoms with E-state index in [9.17, 15) is 4.79 Å². The topological polar surface area (TPSA) is 59.8 Å². The van der Waals surface area contributed by atoms with E-state index in [4.69, 9.17) is 14.6 Å². The van der Waals surface area contributed by atoms with Gasteiger partial charge in [0.05, 0.1) is 25.6 Å². The number of benzene rings is 3. The molecule has 0 spiro atoms. The van der Waals surface area contributed by atoms with Crippen LogP contribution < -0.4 is 9.47 Å². The minimum Gasteiger partial charge on any atom is -0.497 e. The Hall–Kier alpha value is -4.10. The monoisotopic (exact) mass is 484 g/mol. The van der Waals surface area contributed by atoms with Crippen molar-refractivity contribution in [1.29, 1.82) is 0 Å². The highest BCUT2D eigenvalue weighted by atomic mass is 16.5. The van der Waals surface area contributed by atoms with Crippen molar-refractivity contribution in [3.8, 4) is 28.4 Å². The molecule has 0 fully saturated rings. The highest BCUT2D eigenvalue weighted by Crippen LogP contribution is 2.33. The first-order chi connectivity index (χ1) is 17.5. The van der Waals surface area contributed by atoms with Crippen molar-refractivity contribution in [3.63, 3.8) is 0 Å². The number of nitrogens with zero attached hydrogens (tertiary/aromatic N) is 4. The predicted octanol–water partition coefficient (Wildman–Crippen LogP) is 4.76. The van der Waals surface area contributed by atoms with Crippen LogP contribution in [0.5, 0.6) is 11.5 Å². The van der Waals surface area contributed by atoms with Gasteiger partial charge in [0, 0.05) is 31.3 Å². The summed E-state index contributed by atoms with van der Waals surface area (Å²) in [6.07, 6.45) is 0. The fraction of sp³-hybridized carbons (Fsp3) is 0.241. The van der Waals surface area contributed by atoms with Crippen molar-refractivity contribution < 1.29 is 14.3 Å². The number of rotatable bonds is 10. The number of likely N-dealkylation sites (N-methyl/N-ethyl adjacent to an activating group) is 1. The van der Waals surface area contributed by atoms with Crippen LogP contribution in [0.3, 0.4) is 0 Å². The van der Waals surface area contributed by atoms with Crippen LogP contribution in [0.4, 0.5) is 0 Å². The molecule has 0 unspecified atom stereocenters. The van der Waals surface area contributed by atoms with Gasteiger partial charge in [-0.3, -0.25) is 4.79 Å². The second-order valence-corrected chi connectivity index (χ2v) is 8.74. The Labute approximate surface area is 212 Å². The van der Waals surface area contributed by atoms with Crippen molar-refractivity contribution in [3.05, 3.63) is 96.2 Å².